The first-order chi connectivity index (χ1) is 12.7. The Kier molecular flexibility index (Phi) is 6.18. The van der Waals surface area contributed by atoms with Gasteiger partial charge in [-0.3, -0.25) is 4.79 Å². The Bertz CT molecular complexity index is 814. The Balaban J connectivity index is 1.61. The Morgan fingerprint density at radius 2 is 1.42 bits per heavy atom. The van der Waals surface area contributed by atoms with Crippen molar-refractivity contribution >= 4 is 5.91 Å². The van der Waals surface area contributed by atoms with E-state index in [1.54, 1.807) is 12.1 Å². The molecule has 0 saturated heterocycles. The summed E-state index contributed by atoms with van der Waals surface area (Å²) in [6, 6.07) is 27.7. The number of hydrogen-bond donors (Lipinski definition) is 1. The number of carbonyl (C=O) groups is 1. The maximum atomic E-state index is 12.1. The number of carbonyl (C=O) groups excluding carboxylic acids is 1. The first-order valence-electron chi connectivity index (χ1n) is 8.80. The average Bonchev–Trinajstić information content (AvgIpc) is 2.70. The molecule has 3 heteroatoms. The molecule has 0 radical (unpaired) electrons. The summed E-state index contributed by atoms with van der Waals surface area (Å²) in [5.41, 5.74) is 4.09. The smallest absolute Gasteiger partial charge is 0.251 e. The lowest BCUT2D eigenvalue weighted by atomic mass is 10.0. The van der Waals surface area contributed by atoms with Crippen molar-refractivity contribution in [1.29, 1.82) is 0 Å². The van der Waals surface area contributed by atoms with Crippen LogP contribution in [-0.2, 0) is 4.74 Å². The summed E-state index contributed by atoms with van der Waals surface area (Å²) in [5.74, 6) is -0.0826. The van der Waals surface area contributed by atoms with Gasteiger partial charge in [0.25, 0.3) is 5.91 Å². The summed E-state index contributed by atoms with van der Waals surface area (Å²) in [7, 11) is 0. The van der Waals surface area contributed by atoms with Gasteiger partial charge in [-0.25, -0.2) is 0 Å². The molecule has 0 unspecified atom stereocenters. The topological polar surface area (TPSA) is 38.3 Å². The molecule has 1 N–H and O–H groups in total. The third-order valence-electron chi connectivity index (χ3n) is 4.19. The van der Waals surface area contributed by atoms with Gasteiger partial charge in [0.2, 0.25) is 0 Å². The van der Waals surface area contributed by atoms with Crippen molar-refractivity contribution in [3.05, 3.63) is 107 Å². The van der Waals surface area contributed by atoms with E-state index in [2.05, 4.69) is 48.6 Å². The van der Waals surface area contributed by atoms with Crippen LogP contribution in [0, 0.1) is 6.92 Å². The second-order valence-corrected chi connectivity index (χ2v) is 6.19. The van der Waals surface area contributed by atoms with Crippen LogP contribution < -0.4 is 5.32 Å². The quantitative estimate of drug-likeness (QED) is 0.639. The molecule has 3 rings (SSSR count). The summed E-state index contributed by atoms with van der Waals surface area (Å²) >= 11 is 0. The van der Waals surface area contributed by atoms with E-state index in [0.29, 0.717) is 18.7 Å². The van der Waals surface area contributed by atoms with Gasteiger partial charge in [0.1, 0.15) is 6.10 Å². The Morgan fingerprint density at radius 3 is 2.08 bits per heavy atom. The maximum absolute atomic E-state index is 12.1. The lowest BCUT2D eigenvalue weighted by Crippen LogP contribution is -2.27. The van der Waals surface area contributed by atoms with E-state index in [0.717, 1.165) is 11.1 Å². The van der Waals surface area contributed by atoms with Crippen LogP contribution in [0.25, 0.3) is 0 Å². The monoisotopic (exact) mass is 345 g/mol. The molecule has 0 bridgehead atoms. The third kappa shape index (κ3) is 4.80. The molecule has 3 aromatic carbocycles. The van der Waals surface area contributed by atoms with Crippen LogP contribution in [0.1, 0.15) is 33.2 Å². The van der Waals surface area contributed by atoms with E-state index in [1.165, 1.54) is 5.56 Å². The molecule has 3 nitrogen and oxygen atoms in total. The highest BCUT2D eigenvalue weighted by molar-refractivity contribution is 5.94. The van der Waals surface area contributed by atoms with Gasteiger partial charge in [-0.2, -0.15) is 0 Å². The lowest BCUT2D eigenvalue weighted by Gasteiger charge is -2.19. The molecule has 0 fully saturated rings. The molecule has 0 aliphatic carbocycles. The zero-order chi connectivity index (χ0) is 18.2. The Hall–Kier alpha value is -2.91. The number of nitrogens with one attached hydrogen (secondary N) is 1. The Morgan fingerprint density at radius 1 is 0.846 bits per heavy atom. The SMILES string of the molecule is Cc1ccc([C@@H](OCCNC(=O)c2ccccc2)c2ccccc2)cc1. The van der Waals surface area contributed by atoms with Crippen molar-refractivity contribution in [3.8, 4) is 0 Å². The molecule has 132 valence electrons. The highest BCUT2D eigenvalue weighted by Gasteiger charge is 2.14. The van der Waals surface area contributed by atoms with Crippen molar-refractivity contribution in [2.75, 3.05) is 13.2 Å². The van der Waals surface area contributed by atoms with Crippen LogP contribution >= 0.6 is 0 Å². The van der Waals surface area contributed by atoms with Gasteiger partial charge in [0.05, 0.1) is 6.61 Å². The predicted octanol–water partition coefficient (Wildman–Crippen LogP) is 4.53. The number of benzene rings is 3. The third-order valence-corrected chi connectivity index (χ3v) is 4.19. The summed E-state index contributed by atoms with van der Waals surface area (Å²) in [4.78, 5) is 12.1. The maximum Gasteiger partial charge on any atom is 0.251 e. The largest absolute Gasteiger partial charge is 0.367 e. The molecule has 0 aromatic heterocycles. The second-order valence-electron chi connectivity index (χ2n) is 6.19. The van der Waals surface area contributed by atoms with Gasteiger partial charge >= 0.3 is 0 Å². The fraction of sp³-hybridized carbons (Fsp3) is 0.174. The molecule has 3 aromatic rings. The molecule has 1 amide bonds. The zero-order valence-electron chi connectivity index (χ0n) is 14.9. The zero-order valence-corrected chi connectivity index (χ0v) is 14.9. The Labute approximate surface area is 154 Å². The number of amides is 1. The number of aryl methyl sites for hydroxylation is 1. The van der Waals surface area contributed by atoms with Crippen LogP contribution in [0.2, 0.25) is 0 Å². The van der Waals surface area contributed by atoms with Gasteiger partial charge in [0, 0.05) is 12.1 Å². The van der Waals surface area contributed by atoms with E-state index in [1.807, 2.05) is 36.4 Å². The predicted molar refractivity (Wildman–Crippen MR) is 104 cm³/mol. The van der Waals surface area contributed by atoms with E-state index in [-0.39, 0.29) is 12.0 Å². The summed E-state index contributed by atoms with van der Waals surface area (Å²) in [6.07, 6.45) is -0.148. The molecule has 1 atom stereocenters. The van der Waals surface area contributed by atoms with Gasteiger partial charge in [-0.1, -0.05) is 78.4 Å². The van der Waals surface area contributed by atoms with Crippen molar-refractivity contribution < 1.29 is 9.53 Å². The molecule has 26 heavy (non-hydrogen) atoms. The normalized spacial score (nSPS) is 11.7. The molecule has 0 spiro atoms. The van der Waals surface area contributed by atoms with Crippen LogP contribution in [0.5, 0.6) is 0 Å². The van der Waals surface area contributed by atoms with Gasteiger partial charge in [-0.15, -0.1) is 0 Å². The highest BCUT2D eigenvalue weighted by atomic mass is 16.5. The van der Waals surface area contributed by atoms with E-state index < -0.39 is 0 Å². The minimum atomic E-state index is -0.148. The number of ether oxygens (including phenoxy) is 1. The molecular formula is C23H23NO2. The molecule has 0 heterocycles. The van der Waals surface area contributed by atoms with Crippen molar-refractivity contribution in [1.82, 2.24) is 5.32 Å². The summed E-state index contributed by atoms with van der Waals surface area (Å²) in [5, 5.41) is 2.90. The minimum absolute atomic E-state index is 0.0826. The van der Waals surface area contributed by atoms with Crippen molar-refractivity contribution in [2.45, 2.75) is 13.0 Å². The van der Waals surface area contributed by atoms with Crippen LogP contribution in [0.3, 0.4) is 0 Å². The molecule has 0 saturated carbocycles. The molecule has 0 aliphatic heterocycles. The van der Waals surface area contributed by atoms with E-state index >= 15 is 0 Å². The van der Waals surface area contributed by atoms with E-state index in [4.69, 9.17) is 4.74 Å². The average molecular weight is 345 g/mol. The minimum Gasteiger partial charge on any atom is -0.367 e. The van der Waals surface area contributed by atoms with Crippen molar-refractivity contribution in [3.63, 3.8) is 0 Å². The highest BCUT2D eigenvalue weighted by Crippen LogP contribution is 2.26. The van der Waals surface area contributed by atoms with E-state index in [9.17, 15) is 4.79 Å². The lowest BCUT2D eigenvalue weighted by molar-refractivity contribution is 0.0756. The van der Waals surface area contributed by atoms with Gasteiger partial charge < -0.3 is 10.1 Å². The fourth-order valence-electron chi connectivity index (χ4n) is 2.79. The van der Waals surface area contributed by atoms with Crippen molar-refractivity contribution in [2.24, 2.45) is 0 Å². The fourth-order valence-corrected chi connectivity index (χ4v) is 2.79. The first-order valence-corrected chi connectivity index (χ1v) is 8.80. The summed E-state index contributed by atoms with van der Waals surface area (Å²) < 4.78 is 6.13. The van der Waals surface area contributed by atoms with Gasteiger partial charge in [-0.05, 0) is 30.2 Å². The number of hydrogen-bond acceptors (Lipinski definition) is 2. The standard InChI is InChI=1S/C23H23NO2/c1-18-12-14-20(15-13-18)22(19-8-4-2-5-9-19)26-17-16-24-23(25)21-10-6-3-7-11-21/h2-15,22H,16-17H2,1H3,(H,24,25)/t22-/m0/s1. The van der Waals surface area contributed by atoms with Gasteiger partial charge in [0.15, 0.2) is 0 Å². The number of rotatable bonds is 7. The second kappa shape index (κ2) is 8.97. The van der Waals surface area contributed by atoms with Crippen LogP contribution in [0.15, 0.2) is 84.9 Å². The summed E-state index contributed by atoms with van der Waals surface area (Å²) in [6.45, 7) is 2.97. The first kappa shape index (κ1) is 17.9. The van der Waals surface area contributed by atoms with Crippen LogP contribution in [-0.4, -0.2) is 19.1 Å². The molecule has 0 aliphatic rings. The van der Waals surface area contributed by atoms with Crippen LogP contribution in [0.4, 0.5) is 0 Å². The molecular weight excluding hydrogens is 322 g/mol.